The van der Waals surface area contributed by atoms with Crippen molar-refractivity contribution in [1.82, 2.24) is 0 Å². The Balaban J connectivity index is 0. The molecule has 88 valence electrons. The van der Waals surface area contributed by atoms with Crippen LogP contribution in [0.5, 0.6) is 0 Å². The molecule has 0 unspecified atom stereocenters. The lowest BCUT2D eigenvalue weighted by atomic mass is 9.85. The number of rotatable bonds is 2. The van der Waals surface area contributed by atoms with Crippen molar-refractivity contribution < 1.29 is 18.3 Å². The quantitative estimate of drug-likeness (QED) is 0.770. The SMILES string of the molecule is CC(C)(C)[C@H](O)C[C@@H](N)C(F)(F)F.Cl. The molecule has 0 rings (SSSR count). The molecule has 0 saturated carbocycles. The molecule has 2 atom stereocenters. The van der Waals surface area contributed by atoms with Crippen LogP contribution in [-0.2, 0) is 0 Å². The van der Waals surface area contributed by atoms with Gasteiger partial charge in [0.15, 0.2) is 0 Å². The summed E-state index contributed by atoms with van der Waals surface area (Å²) in [6, 6.07) is -1.94. The van der Waals surface area contributed by atoms with Crippen LogP contribution in [0.25, 0.3) is 0 Å². The van der Waals surface area contributed by atoms with Gasteiger partial charge in [0.05, 0.1) is 6.10 Å². The van der Waals surface area contributed by atoms with Gasteiger partial charge in [-0.05, 0) is 11.8 Å². The van der Waals surface area contributed by atoms with E-state index >= 15 is 0 Å². The normalized spacial score (nSPS) is 17.1. The van der Waals surface area contributed by atoms with E-state index in [1.165, 1.54) is 0 Å². The van der Waals surface area contributed by atoms with E-state index in [1.54, 1.807) is 20.8 Å². The number of alkyl halides is 3. The Morgan fingerprint density at radius 2 is 1.57 bits per heavy atom. The van der Waals surface area contributed by atoms with E-state index in [0.29, 0.717) is 0 Å². The Bertz CT molecular complexity index is 149. The van der Waals surface area contributed by atoms with Crippen molar-refractivity contribution in [2.45, 2.75) is 45.5 Å². The standard InChI is InChI=1S/C8H16F3NO.ClH/c1-7(2,3)6(13)4-5(12)8(9,10)11;/h5-6,13H,4,12H2,1-3H3;1H/t5-,6-;/m1./s1. The van der Waals surface area contributed by atoms with Gasteiger partial charge >= 0.3 is 6.18 Å². The summed E-state index contributed by atoms with van der Waals surface area (Å²) in [4.78, 5) is 0. The number of halogens is 4. The van der Waals surface area contributed by atoms with Gasteiger partial charge < -0.3 is 10.8 Å². The molecule has 3 N–H and O–H groups in total. The third-order valence-corrected chi connectivity index (χ3v) is 1.90. The van der Waals surface area contributed by atoms with Gasteiger partial charge in [0.2, 0.25) is 0 Å². The van der Waals surface area contributed by atoms with Crippen molar-refractivity contribution in [3.05, 3.63) is 0 Å². The van der Waals surface area contributed by atoms with Crippen molar-refractivity contribution in [1.29, 1.82) is 0 Å². The monoisotopic (exact) mass is 235 g/mol. The predicted molar refractivity (Wildman–Crippen MR) is 51.4 cm³/mol. The molecule has 0 saturated heterocycles. The van der Waals surface area contributed by atoms with Crippen LogP contribution < -0.4 is 5.73 Å². The second-order valence-corrected chi connectivity index (χ2v) is 4.27. The van der Waals surface area contributed by atoms with Crippen LogP contribution >= 0.6 is 12.4 Å². The average Bonchev–Trinajstić information content (AvgIpc) is 1.82. The van der Waals surface area contributed by atoms with Crippen molar-refractivity contribution in [3.8, 4) is 0 Å². The van der Waals surface area contributed by atoms with Crippen molar-refractivity contribution >= 4 is 12.4 Å². The molecular weight excluding hydrogens is 219 g/mol. The van der Waals surface area contributed by atoms with Crippen molar-refractivity contribution in [2.75, 3.05) is 0 Å². The summed E-state index contributed by atoms with van der Waals surface area (Å²) in [6.07, 6.45) is -5.91. The van der Waals surface area contributed by atoms with E-state index in [4.69, 9.17) is 5.73 Å². The molecule has 0 radical (unpaired) electrons. The lowest BCUT2D eigenvalue weighted by Gasteiger charge is -2.28. The molecule has 0 aromatic heterocycles. The van der Waals surface area contributed by atoms with Crippen LogP contribution in [0.1, 0.15) is 27.2 Å². The maximum atomic E-state index is 12.0. The third kappa shape index (κ3) is 5.67. The largest absolute Gasteiger partial charge is 0.403 e. The Kier molecular flexibility index (Phi) is 6.09. The average molecular weight is 236 g/mol. The smallest absolute Gasteiger partial charge is 0.393 e. The van der Waals surface area contributed by atoms with Gasteiger partial charge in [-0.2, -0.15) is 13.2 Å². The van der Waals surface area contributed by atoms with Gasteiger partial charge in [-0.15, -0.1) is 12.4 Å². The summed E-state index contributed by atoms with van der Waals surface area (Å²) < 4.78 is 35.9. The molecule has 0 fully saturated rings. The lowest BCUT2D eigenvalue weighted by Crippen LogP contribution is -2.43. The Labute approximate surface area is 88.1 Å². The van der Waals surface area contributed by atoms with Gasteiger partial charge in [0.1, 0.15) is 6.04 Å². The molecule has 2 nitrogen and oxygen atoms in total. The van der Waals surface area contributed by atoms with Gasteiger partial charge in [-0.25, -0.2) is 0 Å². The number of aliphatic hydroxyl groups is 1. The molecule has 14 heavy (non-hydrogen) atoms. The fourth-order valence-electron chi connectivity index (χ4n) is 0.728. The second kappa shape index (κ2) is 5.19. The van der Waals surface area contributed by atoms with Crippen LogP contribution in [0, 0.1) is 5.41 Å². The molecule has 0 spiro atoms. The summed E-state index contributed by atoms with van der Waals surface area (Å²) in [5, 5.41) is 9.34. The fourth-order valence-corrected chi connectivity index (χ4v) is 0.728. The van der Waals surface area contributed by atoms with E-state index in [0.717, 1.165) is 0 Å². The Morgan fingerprint density at radius 1 is 1.21 bits per heavy atom. The first kappa shape index (κ1) is 16.4. The maximum Gasteiger partial charge on any atom is 0.403 e. The van der Waals surface area contributed by atoms with Crippen LogP contribution in [0.2, 0.25) is 0 Å². The van der Waals surface area contributed by atoms with E-state index in [2.05, 4.69) is 0 Å². The molecule has 0 aliphatic rings. The molecule has 0 heterocycles. The zero-order valence-corrected chi connectivity index (χ0v) is 9.25. The maximum absolute atomic E-state index is 12.0. The minimum absolute atomic E-state index is 0. The topological polar surface area (TPSA) is 46.2 Å². The van der Waals surface area contributed by atoms with Crippen molar-refractivity contribution in [2.24, 2.45) is 11.1 Å². The van der Waals surface area contributed by atoms with E-state index in [1.807, 2.05) is 0 Å². The summed E-state index contributed by atoms with van der Waals surface area (Å²) >= 11 is 0. The highest BCUT2D eigenvalue weighted by atomic mass is 35.5. The molecule has 6 heteroatoms. The first-order valence-corrected chi connectivity index (χ1v) is 4.05. The van der Waals surface area contributed by atoms with E-state index < -0.39 is 30.2 Å². The molecule has 0 aromatic carbocycles. The Morgan fingerprint density at radius 3 is 1.79 bits per heavy atom. The molecule has 0 aliphatic heterocycles. The highest BCUT2D eigenvalue weighted by Gasteiger charge is 2.39. The van der Waals surface area contributed by atoms with Gasteiger partial charge in [0, 0.05) is 0 Å². The fraction of sp³-hybridized carbons (Fsp3) is 1.00. The van der Waals surface area contributed by atoms with Crippen LogP contribution in [0.3, 0.4) is 0 Å². The molecule has 0 aromatic rings. The number of nitrogens with two attached hydrogens (primary N) is 1. The van der Waals surface area contributed by atoms with Gasteiger partial charge in [-0.3, -0.25) is 0 Å². The molecule has 0 amide bonds. The van der Waals surface area contributed by atoms with Crippen molar-refractivity contribution in [3.63, 3.8) is 0 Å². The lowest BCUT2D eigenvalue weighted by molar-refractivity contribution is -0.156. The summed E-state index contributed by atoms with van der Waals surface area (Å²) in [6.45, 7) is 5.00. The third-order valence-electron chi connectivity index (χ3n) is 1.90. The molecular formula is C8H17ClF3NO. The first-order valence-electron chi connectivity index (χ1n) is 4.05. The first-order chi connectivity index (χ1) is 5.55. The van der Waals surface area contributed by atoms with E-state index in [9.17, 15) is 18.3 Å². The number of hydrogen-bond acceptors (Lipinski definition) is 2. The number of aliphatic hydroxyl groups excluding tert-OH is 1. The predicted octanol–water partition coefficient (Wildman–Crippen LogP) is 2.09. The van der Waals surface area contributed by atoms with Crippen LogP contribution in [-0.4, -0.2) is 23.4 Å². The van der Waals surface area contributed by atoms with Gasteiger partial charge in [-0.1, -0.05) is 20.8 Å². The van der Waals surface area contributed by atoms with Gasteiger partial charge in [0.25, 0.3) is 0 Å². The highest BCUT2D eigenvalue weighted by Crippen LogP contribution is 2.27. The molecule has 0 bridgehead atoms. The minimum Gasteiger partial charge on any atom is -0.393 e. The zero-order chi connectivity index (χ0) is 10.9. The highest BCUT2D eigenvalue weighted by molar-refractivity contribution is 5.85. The minimum atomic E-state index is -4.42. The summed E-state index contributed by atoms with van der Waals surface area (Å²) in [7, 11) is 0. The summed E-state index contributed by atoms with van der Waals surface area (Å²) in [5.41, 5.74) is 4.30. The molecule has 0 aliphatic carbocycles. The second-order valence-electron chi connectivity index (χ2n) is 4.27. The van der Waals surface area contributed by atoms with E-state index in [-0.39, 0.29) is 12.4 Å². The number of hydrogen-bond donors (Lipinski definition) is 2. The van der Waals surface area contributed by atoms with Crippen LogP contribution in [0.15, 0.2) is 0 Å². The summed E-state index contributed by atoms with van der Waals surface area (Å²) in [5.74, 6) is 0. The zero-order valence-electron chi connectivity index (χ0n) is 8.43. The Hall–Kier alpha value is -0.0000000000000000555. The van der Waals surface area contributed by atoms with Crippen LogP contribution in [0.4, 0.5) is 13.2 Å².